The van der Waals surface area contributed by atoms with Crippen LogP contribution in [-0.4, -0.2) is 42.8 Å². The minimum Gasteiger partial charge on any atom is -0.744 e. The minimum atomic E-state index is -5.12. The Kier molecular flexibility index (Phi) is 16.9. The molecule has 0 bridgehead atoms. The van der Waals surface area contributed by atoms with Gasteiger partial charge in [0.2, 0.25) is 0 Å². The molecular weight excluding hydrogens is 903 g/mol. The first kappa shape index (κ1) is 50.2. The summed E-state index contributed by atoms with van der Waals surface area (Å²) in [6.07, 6.45) is 2.26. The van der Waals surface area contributed by atoms with E-state index < -0.39 is 50.3 Å². The molecule has 0 amide bonds. The van der Waals surface area contributed by atoms with Crippen LogP contribution in [0.25, 0.3) is 12.2 Å². The van der Waals surface area contributed by atoms with Crippen molar-refractivity contribution in [2.45, 2.75) is 33.4 Å². The molecule has 16 nitrogen and oxygen atoms in total. The summed E-state index contributed by atoms with van der Waals surface area (Å²) in [7, 11) is -18.4. The Morgan fingerprint density at radius 2 is 0.710 bits per heavy atom. The Balaban J connectivity index is 0.00000422. The number of hydrogen-bond donors (Lipinski definition) is 0. The Hall–Kier alpha value is -4.42. The Morgan fingerprint density at radius 1 is 0.419 bits per heavy atom. The zero-order valence-corrected chi connectivity index (χ0v) is 40.4. The van der Waals surface area contributed by atoms with Crippen LogP contribution in [-0.2, 0) is 40.5 Å². The van der Waals surface area contributed by atoms with Crippen molar-refractivity contribution >= 4 is 75.4 Å². The fraction of sp³-hybridized carbons (Fsp3) is 0.0500. The summed E-state index contributed by atoms with van der Waals surface area (Å²) >= 11 is 0. The van der Waals surface area contributed by atoms with Crippen LogP contribution in [0.5, 0.6) is 11.5 Å². The molecule has 62 heavy (non-hydrogen) atoms. The van der Waals surface area contributed by atoms with Gasteiger partial charge in [-0.2, -0.15) is 37.3 Å². The van der Waals surface area contributed by atoms with E-state index in [2.05, 4.69) is 20.5 Å². The summed E-state index contributed by atoms with van der Waals surface area (Å²) in [5.41, 5.74) is 1.81. The van der Waals surface area contributed by atoms with E-state index in [1.165, 1.54) is 97.1 Å². The standard InChI is InChI=1S/C40H32N4O12S4.2Na/c1-27-3-21-37(22-4-27)59(51,52)55-35-17-13-31(14-18-35)41-43-33-11-9-29(39(25-33)57(45,46)47)7-8-30-10-12-34(26-40(30)58(48,49)50)44-42-32-15-19-36(20-16-32)56-60(53,54)38-23-5-28(2)6-24-38;;/h3-26H,1-2H3,(H,45,46,47)(H,48,49,50);;/q;2*+1/p-2/b8-7+,43-41?,44-42?;;. The van der Waals surface area contributed by atoms with Gasteiger partial charge in [0.15, 0.2) is 0 Å². The number of aryl methyl sites for hydroxylation is 2. The molecule has 0 N–H and O–H groups in total. The van der Waals surface area contributed by atoms with Crippen LogP contribution in [0.15, 0.2) is 173 Å². The molecule has 6 aromatic rings. The van der Waals surface area contributed by atoms with E-state index >= 15 is 0 Å². The predicted octanol–water partition coefficient (Wildman–Crippen LogP) is 2.66. The maximum Gasteiger partial charge on any atom is 1.00 e. The number of hydrogen-bond acceptors (Lipinski definition) is 16. The topological polar surface area (TPSA) is 251 Å². The molecule has 0 aromatic heterocycles. The molecule has 0 aliphatic rings. The van der Waals surface area contributed by atoms with Gasteiger partial charge in [-0.05, 0) is 122 Å². The van der Waals surface area contributed by atoms with Gasteiger partial charge in [0.25, 0.3) is 0 Å². The van der Waals surface area contributed by atoms with Crippen molar-refractivity contribution in [1.29, 1.82) is 0 Å². The fourth-order valence-electron chi connectivity index (χ4n) is 5.19. The van der Waals surface area contributed by atoms with E-state index in [4.69, 9.17) is 8.37 Å². The zero-order valence-electron chi connectivity index (χ0n) is 33.2. The zero-order chi connectivity index (χ0) is 43.3. The largest absolute Gasteiger partial charge is 1.00 e. The third-order valence-corrected chi connectivity index (χ3v) is 12.5. The summed E-state index contributed by atoms with van der Waals surface area (Å²) in [5.74, 6) is 0.00380. The van der Waals surface area contributed by atoms with E-state index in [1.807, 2.05) is 13.8 Å². The molecular formula is C40H30N4Na2O12S4. The van der Waals surface area contributed by atoms with Crippen LogP contribution in [0.3, 0.4) is 0 Å². The van der Waals surface area contributed by atoms with Gasteiger partial charge in [-0.1, -0.05) is 59.7 Å². The average molecular weight is 933 g/mol. The minimum absolute atomic E-state index is 0. The molecule has 0 atom stereocenters. The fourth-order valence-corrected chi connectivity index (χ4v) is 8.43. The van der Waals surface area contributed by atoms with Crippen LogP contribution in [0.1, 0.15) is 22.3 Å². The van der Waals surface area contributed by atoms with Crippen molar-refractivity contribution in [3.05, 3.63) is 156 Å². The quantitative estimate of drug-likeness (QED) is 0.0503. The van der Waals surface area contributed by atoms with E-state index in [9.17, 15) is 42.8 Å². The van der Waals surface area contributed by atoms with Crippen molar-refractivity contribution in [3.63, 3.8) is 0 Å². The van der Waals surface area contributed by atoms with Gasteiger partial charge < -0.3 is 17.5 Å². The van der Waals surface area contributed by atoms with Gasteiger partial charge in [-0.15, -0.1) is 0 Å². The molecule has 0 unspecified atom stereocenters. The molecule has 6 aromatic carbocycles. The van der Waals surface area contributed by atoms with Crippen LogP contribution >= 0.6 is 0 Å². The van der Waals surface area contributed by atoms with Gasteiger partial charge >= 0.3 is 79.4 Å². The molecule has 0 aliphatic carbocycles. The predicted molar refractivity (Wildman–Crippen MR) is 217 cm³/mol. The maximum atomic E-state index is 12.6. The van der Waals surface area contributed by atoms with Gasteiger partial charge in [0.1, 0.15) is 41.5 Å². The summed E-state index contributed by atoms with van der Waals surface area (Å²) < 4.78 is 134. The third kappa shape index (κ3) is 13.5. The SMILES string of the molecule is Cc1ccc(S(=O)(=O)Oc2ccc(N=Nc3ccc(/C=C/c4ccc(N=Nc5ccc(OS(=O)(=O)c6ccc(C)cc6)cc5)cc4S(=O)(=O)[O-])c(S(=O)(=O)[O-])c3)cc2)cc1.[Na+].[Na+]. The number of benzene rings is 6. The molecule has 0 aliphatic heterocycles. The van der Waals surface area contributed by atoms with Crippen molar-refractivity contribution in [1.82, 2.24) is 0 Å². The molecule has 0 radical (unpaired) electrons. The molecule has 0 heterocycles. The summed E-state index contributed by atoms with van der Waals surface area (Å²) in [6, 6.07) is 30.2. The van der Waals surface area contributed by atoms with Crippen LogP contribution in [0, 0.1) is 13.8 Å². The van der Waals surface area contributed by atoms with Gasteiger partial charge in [-0.25, -0.2) is 16.8 Å². The van der Waals surface area contributed by atoms with E-state index in [0.717, 1.165) is 35.4 Å². The second-order valence-corrected chi connectivity index (χ2v) is 18.6. The van der Waals surface area contributed by atoms with Gasteiger partial charge in [-0.3, -0.25) is 0 Å². The molecule has 0 spiro atoms. The summed E-state index contributed by atoms with van der Waals surface area (Å²) in [5, 5.41) is 15.9. The normalized spacial score (nSPS) is 12.3. The summed E-state index contributed by atoms with van der Waals surface area (Å²) in [6.45, 7) is 3.63. The molecule has 0 saturated carbocycles. The Labute approximate surface area is 402 Å². The molecule has 0 saturated heterocycles. The van der Waals surface area contributed by atoms with Gasteiger partial charge in [0, 0.05) is 0 Å². The Bertz CT molecular complexity index is 2900. The van der Waals surface area contributed by atoms with Crippen LogP contribution < -0.4 is 67.5 Å². The smallest absolute Gasteiger partial charge is 0.744 e. The average Bonchev–Trinajstić information content (AvgIpc) is 3.19. The van der Waals surface area contributed by atoms with Crippen molar-refractivity contribution in [3.8, 4) is 11.5 Å². The third-order valence-electron chi connectivity index (χ3n) is 8.24. The second kappa shape index (κ2) is 20.8. The maximum absolute atomic E-state index is 12.6. The first-order valence-corrected chi connectivity index (χ1v) is 22.8. The number of nitrogens with zero attached hydrogens (tertiary/aromatic N) is 4. The molecule has 0 fully saturated rings. The van der Waals surface area contributed by atoms with Crippen molar-refractivity contribution in [2.24, 2.45) is 20.5 Å². The second-order valence-electron chi connectivity index (χ2n) is 12.8. The summed E-state index contributed by atoms with van der Waals surface area (Å²) in [4.78, 5) is -1.50. The Morgan fingerprint density at radius 3 is 1.02 bits per heavy atom. The molecule has 22 heteroatoms. The first-order valence-electron chi connectivity index (χ1n) is 17.2. The van der Waals surface area contributed by atoms with Crippen LogP contribution in [0.4, 0.5) is 22.7 Å². The van der Waals surface area contributed by atoms with Gasteiger partial charge in [0.05, 0.1) is 32.5 Å². The number of azo groups is 2. The molecule has 308 valence electrons. The van der Waals surface area contributed by atoms with E-state index in [0.29, 0.717) is 0 Å². The van der Waals surface area contributed by atoms with E-state index in [1.54, 1.807) is 24.3 Å². The first-order chi connectivity index (χ1) is 28.2. The monoisotopic (exact) mass is 932 g/mol. The van der Waals surface area contributed by atoms with Crippen molar-refractivity contribution < 1.29 is 110 Å². The van der Waals surface area contributed by atoms with Crippen molar-refractivity contribution in [2.75, 3.05) is 0 Å². The van der Waals surface area contributed by atoms with Crippen LogP contribution in [0.2, 0.25) is 0 Å². The molecule has 6 rings (SSSR count). The van der Waals surface area contributed by atoms with E-state index in [-0.39, 0.29) is 114 Å². The number of rotatable bonds is 14.